The molecule has 0 heterocycles. The van der Waals surface area contributed by atoms with Crippen molar-refractivity contribution in [2.45, 2.75) is 26.8 Å². The van der Waals surface area contributed by atoms with Crippen LogP contribution in [-0.2, 0) is 0 Å². The molecule has 19 heavy (non-hydrogen) atoms. The molecule has 5 heteroatoms. The Balaban J connectivity index is 2.72. The van der Waals surface area contributed by atoms with E-state index in [1.807, 2.05) is 13.0 Å². The Morgan fingerprint density at radius 1 is 1.47 bits per heavy atom. The van der Waals surface area contributed by atoms with E-state index in [4.69, 9.17) is 10.8 Å². The number of hydrogen-bond donors (Lipinski definition) is 3. The van der Waals surface area contributed by atoms with Gasteiger partial charge in [0.05, 0.1) is 5.56 Å². The number of aromatic carboxylic acids is 1. The molecule has 0 aliphatic carbocycles. The molecule has 0 saturated carbocycles. The van der Waals surface area contributed by atoms with E-state index in [2.05, 4.69) is 31.1 Å². The second kappa shape index (κ2) is 6.43. The van der Waals surface area contributed by atoms with Crippen LogP contribution in [0.3, 0.4) is 0 Å². The van der Waals surface area contributed by atoms with Crippen LogP contribution in [0.4, 0.5) is 11.4 Å². The molecule has 1 aromatic rings. The number of nitrogen functional groups attached to an aromatic ring is 1. The average Bonchev–Trinajstić information content (AvgIpc) is 2.32. The van der Waals surface area contributed by atoms with Crippen molar-refractivity contribution < 1.29 is 9.90 Å². The number of rotatable bonds is 6. The summed E-state index contributed by atoms with van der Waals surface area (Å²) in [5.74, 6) is -0.997. The molecule has 0 bridgehead atoms. The van der Waals surface area contributed by atoms with Gasteiger partial charge < -0.3 is 21.1 Å². The summed E-state index contributed by atoms with van der Waals surface area (Å²) < 4.78 is 0. The molecule has 0 aromatic heterocycles. The van der Waals surface area contributed by atoms with Gasteiger partial charge in [-0.05, 0) is 45.5 Å². The molecule has 1 aromatic carbocycles. The number of hydrogen-bond acceptors (Lipinski definition) is 4. The SMILES string of the molecule is Cc1cc(NCCN(C)C(C)C)cc(C(=O)O)c1N. The molecule has 0 radical (unpaired) electrons. The van der Waals surface area contributed by atoms with Gasteiger partial charge in [0.25, 0.3) is 0 Å². The highest BCUT2D eigenvalue weighted by atomic mass is 16.4. The number of anilines is 2. The molecule has 0 amide bonds. The Hall–Kier alpha value is -1.75. The minimum Gasteiger partial charge on any atom is -0.478 e. The van der Waals surface area contributed by atoms with Crippen LogP contribution < -0.4 is 11.1 Å². The Bertz CT molecular complexity index is 458. The molecule has 0 aliphatic rings. The van der Waals surface area contributed by atoms with Gasteiger partial charge in [-0.25, -0.2) is 4.79 Å². The van der Waals surface area contributed by atoms with E-state index < -0.39 is 5.97 Å². The predicted octanol–water partition coefficient (Wildman–Crippen LogP) is 2.03. The Morgan fingerprint density at radius 3 is 2.63 bits per heavy atom. The normalized spacial score (nSPS) is 11.1. The smallest absolute Gasteiger partial charge is 0.337 e. The average molecular weight is 265 g/mol. The van der Waals surface area contributed by atoms with Gasteiger partial charge in [0.2, 0.25) is 0 Å². The van der Waals surface area contributed by atoms with Crippen LogP contribution in [0.15, 0.2) is 12.1 Å². The van der Waals surface area contributed by atoms with E-state index in [0.29, 0.717) is 11.7 Å². The molecule has 5 nitrogen and oxygen atoms in total. The lowest BCUT2D eigenvalue weighted by Gasteiger charge is -2.21. The van der Waals surface area contributed by atoms with Crippen LogP contribution in [0, 0.1) is 6.92 Å². The van der Waals surface area contributed by atoms with Crippen molar-refractivity contribution in [2.75, 3.05) is 31.2 Å². The number of carbonyl (C=O) groups is 1. The quantitative estimate of drug-likeness (QED) is 0.686. The van der Waals surface area contributed by atoms with E-state index in [-0.39, 0.29) is 5.56 Å². The first kappa shape index (κ1) is 15.3. The van der Waals surface area contributed by atoms with Crippen molar-refractivity contribution in [3.8, 4) is 0 Å². The van der Waals surface area contributed by atoms with Crippen molar-refractivity contribution >= 4 is 17.3 Å². The lowest BCUT2D eigenvalue weighted by Crippen LogP contribution is -2.31. The second-order valence-corrected chi connectivity index (χ2v) is 5.06. The van der Waals surface area contributed by atoms with Crippen LogP contribution in [-0.4, -0.2) is 42.2 Å². The number of carboxylic acid groups (broad SMARTS) is 1. The van der Waals surface area contributed by atoms with E-state index in [0.717, 1.165) is 24.3 Å². The van der Waals surface area contributed by atoms with Crippen LogP contribution in [0.5, 0.6) is 0 Å². The third kappa shape index (κ3) is 4.13. The van der Waals surface area contributed by atoms with Gasteiger partial charge in [0.15, 0.2) is 0 Å². The van der Waals surface area contributed by atoms with Gasteiger partial charge in [-0.2, -0.15) is 0 Å². The van der Waals surface area contributed by atoms with Crippen molar-refractivity contribution in [3.63, 3.8) is 0 Å². The molecule has 0 aliphatic heterocycles. The molecule has 0 spiro atoms. The van der Waals surface area contributed by atoms with E-state index in [1.165, 1.54) is 0 Å². The molecular formula is C14H23N3O2. The van der Waals surface area contributed by atoms with Gasteiger partial charge in [-0.15, -0.1) is 0 Å². The third-order valence-corrected chi connectivity index (χ3v) is 3.29. The van der Waals surface area contributed by atoms with Gasteiger partial charge in [0, 0.05) is 30.5 Å². The lowest BCUT2D eigenvalue weighted by molar-refractivity contribution is 0.0698. The number of benzene rings is 1. The summed E-state index contributed by atoms with van der Waals surface area (Å²) >= 11 is 0. The Labute approximate surface area is 114 Å². The van der Waals surface area contributed by atoms with Crippen LogP contribution in [0.2, 0.25) is 0 Å². The molecule has 4 N–H and O–H groups in total. The Kier molecular flexibility index (Phi) is 5.18. The minimum absolute atomic E-state index is 0.153. The topological polar surface area (TPSA) is 78.6 Å². The fourth-order valence-corrected chi connectivity index (χ4v) is 1.71. The fraction of sp³-hybridized carbons (Fsp3) is 0.500. The van der Waals surface area contributed by atoms with Crippen LogP contribution in [0.25, 0.3) is 0 Å². The summed E-state index contributed by atoms with van der Waals surface area (Å²) in [5.41, 5.74) is 7.81. The van der Waals surface area contributed by atoms with E-state index >= 15 is 0 Å². The Morgan fingerprint density at radius 2 is 2.11 bits per heavy atom. The predicted molar refractivity (Wildman–Crippen MR) is 78.8 cm³/mol. The number of likely N-dealkylation sites (N-methyl/N-ethyl adjacent to an activating group) is 1. The zero-order valence-electron chi connectivity index (χ0n) is 12.0. The first-order valence-corrected chi connectivity index (χ1v) is 6.40. The van der Waals surface area contributed by atoms with Crippen LogP contribution in [0.1, 0.15) is 29.8 Å². The monoisotopic (exact) mass is 265 g/mol. The first-order chi connectivity index (χ1) is 8.82. The maximum atomic E-state index is 11.1. The summed E-state index contributed by atoms with van der Waals surface area (Å²) in [4.78, 5) is 13.3. The molecular weight excluding hydrogens is 242 g/mol. The molecule has 0 unspecified atom stereocenters. The fourth-order valence-electron chi connectivity index (χ4n) is 1.71. The summed E-state index contributed by atoms with van der Waals surface area (Å²) in [7, 11) is 2.06. The summed E-state index contributed by atoms with van der Waals surface area (Å²) in [6.45, 7) is 7.74. The van der Waals surface area contributed by atoms with E-state index in [9.17, 15) is 4.79 Å². The maximum Gasteiger partial charge on any atom is 0.337 e. The van der Waals surface area contributed by atoms with Gasteiger partial charge in [-0.1, -0.05) is 0 Å². The van der Waals surface area contributed by atoms with Crippen molar-refractivity contribution in [1.29, 1.82) is 0 Å². The number of aryl methyl sites for hydroxylation is 1. The first-order valence-electron chi connectivity index (χ1n) is 6.40. The molecule has 0 fully saturated rings. The zero-order chi connectivity index (χ0) is 14.6. The summed E-state index contributed by atoms with van der Waals surface area (Å²) in [6, 6.07) is 3.95. The molecule has 106 valence electrons. The maximum absolute atomic E-state index is 11.1. The second-order valence-electron chi connectivity index (χ2n) is 5.06. The highest BCUT2D eigenvalue weighted by Crippen LogP contribution is 2.22. The van der Waals surface area contributed by atoms with Gasteiger partial charge in [0.1, 0.15) is 0 Å². The number of nitrogens with one attached hydrogen (secondary N) is 1. The number of nitrogens with two attached hydrogens (primary N) is 1. The third-order valence-electron chi connectivity index (χ3n) is 3.29. The van der Waals surface area contributed by atoms with Crippen molar-refractivity contribution in [1.82, 2.24) is 4.90 Å². The highest BCUT2D eigenvalue weighted by molar-refractivity contribution is 5.95. The van der Waals surface area contributed by atoms with Gasteiger partial charge >= 0.3 is 5.97 Å². The van der Waals surface area contributed by atoms with Crippen molar-refractivity contribution in [2.24, 2.45) is 0 Å². The summed E-state index contributed by atoms with van der Waals surface area (Å²) in [6.07, 6.45) is 0. The van der Waals surface area contributed by atoms with E-state index in [1.54, 1.807) is 6.07 Å². The zero-order valence-corrected chi connectivity index (χ0v) is 12.0. The minimum atomic E-state index is -0.997. The lowest BCUT2D eigenvalue weighted by atomic mass is 10.1. The molecule has 0 atom stereocenters. The number of nitrogens with zero attached hydrogens (tertiary/aromatic N) is 1. The standard InChI is InChI=1S/C14H23N3O2/c1-9(2)17(4)6-5-16-11-7-10(3)13(15)12(8-11)14(18)19/h7-9,16H,5-6,15H2,1-4H3,(H,18,19). The highest BCUT2D eigenvalue weighted by Gasteiger charge is 2.11. The molecule has 0 saturated heterocycles. The molecule has 1 rings (SSSR count). The van der Waals surface area contributed by atoms with Crippen molar-refractivity contribution in [3.05, 3.63) is 23.3 Å². The summed E-state index contributed by atoms with van der Waals surface area (Å²) in [5, 5.41) is 12.3. The largest absolute Gasteiger partial charge is 0.478 e. The van der Waals surface area contributed by atoms with Crippen LogP contribution >= 0.6 is 0 Å². The van der Waals surface area contributed by atoms with Gasteiger partial charge in [-0.3, -0.25) is 0 Å². The number of carboxylic acids is 1.